The molecule has 1 atom stereocenters. The van der Waals surface area contributed by atoms with Crippen molar-refractivity contribution in [2.45, 2.75) is 19.4 Å². The van der Waals surface area contributed by atoms with Gasteiger partial charge in [-0.3, -0.25) is 4.79 Å². The van der Waals surface area contributed by atoms with Crippen LogP contribution < -0.4 is 11.1 Å². The minimum Gasteiger partial charge on any atom is -0.399 e. The van der Waals surface area contributed by atoms with Gasteiger partial charge in [0, 0.05) is 35.2 Å². The van der Waals surface area contributed by atoms with Gasteiger partial charge in [0.2, 0.25) is 0 Å². The first kappa shape index (κ1) is 13.2. The van der Waals surface area contributed by atoms with E-state index in [1.54, 1.807) is 30.7 Å². The number of nitrogen functional groups attached to an aromatic ring is 1. The Morgan fingerprint density at radius 1 is 1.43 bits per heavy atom. The quantitative estimate of drug-likeness (QED) is 0.553. The Morgan fingerprint density at radius 3 is 3.00 bits per heavy atom. The third-order valence-electron chi connectivity index (χ3n) is 3.51. The van der Waals surface area contributed by atoms with Crippen molar-refractivity contribution >= 4 is 22.5 Å². The summed E-state index contributed by atoms with van der Waals surface area (Å²) in [7, 11) is 0. The molecule has 108 valence electrons. The number of nitrogens with zero attached hydrogens (tertiary/aromatic N) is 1. The molecular weight excluding hydrogens is 266 g/mol. The third kappa shape index (κ3) is 2.47. The van der Waals surface area contributed by atoms with Crippen molar-refractivity contribution in [1.82, 2.24) is 20.3 Å². The number of fused-ring (bicyclic) bond motifs is 1. The van der Waals surface area contributed by atoms with E-state index < -0.39 is 0 Å². The monoisotopic (exact) mass is 283 g/mol. The summed E-state index contributed by atoms with van der Waals surface area (Å²) in [5.41, 5.74) is 7.90. The molecule has 2 aromatic heterocycles. The summed E-state index contributed by atoms with van der Waals surface area (Å²) in [5.74, 6) is 0.611. The standard InChI is InChI=1S/C15H17N5O/c1-2-12(14-17-5-6-18-14)20-15(21)11-8-19-13-4-3-9(16)7-10(11)13/h3-8,12,19H,2,16H2,1H3,(H,17,18)(H,20,21). The van der Waals surface area contributed by atoms with E-state index in [1.807, 2.05) is 13.0 Å². The highest BCUT2D eigenvalue weighted by molar-refractivity contribution is 6.07. The Bertz CT molecular complexity index is 760. The van der Waals surface area contributed by atoms with Crippen molar-refractivity contribution in [3.63, 3.8) is 0 Å². The van der Waals surface area contributed by atoms with Crippen molar-refractivity contribution in [1.29, 1.82) is 0 Å². The van der Waals surface area contributed by atoms with E-state index >= 15 is 0 Å². The van der Waals surface area contributed by atoms with E-state index in [9.17, 15) is 4.79 Å². The van der Waals surface area contributed by atoms with E-state index in [0.717, 1.165) is 23.1 Å². The van der Waals surface area contributed by atoms with Gasteiger partial charge >= 0.3 is 0 Å². The first-order valence-electron chi connectivity index (χ1n) is 6.85. The van der Waals surface area contributed by atoms with Crippen LogP contribution in [0.5, 0.6) is 0 Å². The average Bonchev–Trinajstić information content (AvgIpc) is 3.13. The Balaban J connectivity index is 1.88. The van der Waals surface area contributed by atoms with E-state index in [2.05, 4.69) is 20.3 Å². The normalized spacial score (nSPS) is 12.4. The largest absolute Gasteiger partial charge is 0.399 e. The van der Waals surface area contributed by atoms with Crippen molar-refractivity contribution in [2.75, 3.05) is 5.73 Å². The van der Waals surface area contributed by atoms with Crippen LogP contribution >= 0.6 is 0 Å². The van der Waals surface area contributed by atoms with E-state index in [-0.39, 0.29) is 11.9 Å². The van der Waals surface area contributed by atoms with Crippen molar-refractivity contribution in [3.8, 4) is 0 Å². The lowest BCUT2D eigenvalue weighted by Crippen LogP contribution is -2.28. The van der Waals surface area contributed by atoms with Crippen LogP contribution in [0.3, 0.4) is 0 Å². The van der Waals surface area contributed by atoms with E-state index in [4.69, 9.17) is 5.73 Å². The fourth-order valence-corrected chi connectivity index (χ4v) is 2.39. The summed E-state index contributed by atoms with van der Waals surface area (Å²) >= 11 is 0. The zero-order valence-corrected chi connectivity index (χ0v) is 11.7. The summed E-state index contributed by atoms with van der Waals surface area (Å²) in [5, 5.41) is 3.81. The molecule has 0 aliphatic carbocycles. The molecule has 0 saturated heterocycles. The fourth-order valence-electron chi connectivity index (χ4n) is 2.39. The number of hydrogen-bond donors (Lipinski definition) is 4. The van der Waals surface area contributed by atoms with Gasteiger partial charge in [-0.15, -0.1) is 0 Å². The van der Waals surface area contributed by atoms with Crippen LogP contribution in [0.2, 0.25) is 0 Å². The molecule has 21 heavy (non-hydrogen) atoms. The molecule has 0 fully saturated rings. The molecule has 3 aromatic rings. The maximum Gasteiger partial charge on any atom is 0.254 e. The number of H-pyrrole nitrogens is 2. The number of benzene rings is 1. The third-order valence-corrected chi connectivity index (χ3v) is 3.51. The molecule has 0 spiro atoms. The van der Waals surface area contributed by atoms with Crippen LogP contribution in [0, 0.1) is 0 Å². The smallest absolute Gasteiger partial charge is 0.254 e. The topological polar surface area (TPSA) is 99.6 Å². The van der Waals surface area contributed by atoms with Gasteiger partial charge in [-0.25, -0.2) is 4.98 Å². The highest BCUT2D eigenvalue weighted by atomic mass is 16.1. The van der Waals surface area contributed by atoms with Gasteiger partial charge in [-0.2, -0.15) is 0 Å². The number of anilines is 1. The molecule has 0 radical (unpaired) electrons. The zero-order valence-electron chi connectivity index (χ0n) is 11.7. The van der Waals surface area contributed by atoms with Crippen LogP contribution in [0.15, 0.2) is 36.8 Å². The summed E-state index contributed by atoms with van der Waals surface area (Å²) in [4.78, 5) is 22.8. The molecule has 6 nitrogen and oxygen atoms in total. The molecule has 5 N–H and O–H groups in total. The van der Waals surface area contributed by atoms with Crippen LogP contribution in [0.4, 0.5) is 5.69 Å². The first-order chi connectivity index (χ1) is 10.2. The second-order valence-corrected chi connectivity index (χ2v) is 4.92. The van der Waals surface area contributed by atoms with Gasteiger partial charge in [0.15, 0.2) is 0 Å². The Kier molecular flexibility index (Phi) is 3.35. The molecule has 3 rings (SSSR count). The maximum atomic E-state index is 12.5. The number of imidazole rings is 1. The van der Waals surface area contributed by atoms with Gasteiger partial charge in [0.05, 0.1) is 11.6 Å². The molecule has 0 aliphatic rings. The molecule has 0 aliphatic heterocycles. The second kappa shape index (κ2) is 5.32. The van der Waals surface area contributed by atoms with Crippen LogP contribution in [-0.2, 0) is 0 Å². The van der Waals surface area contributed by atoms with Crippen LogP contribution in [0.1, 0.15) is 35.6 Å². The zero-order chi connectivity index (χ0) is 14.8. The lowest BCUT2D eigenvalue weighted by Gasteiger charge is -2.14. The SMILES string of the molecule is CCC(NC(=O)c1c[nH]c2ccc(N)cc12)c1ncc[nH]1. The fraction of sp³-hybridized carbons (Fsp3) is 0.200. The molecule has 1 amide bonds. The molecular formula is C15H17N5O. The van der Waals surface area contributed by atoms with Crippen molar-refractivity contribution in [3.05, 3.63) is 48.2 Å². The van der Waals surface area contributed by atoms with Crippen molar-refractivity contribution in [2.24, 2.45) is 0 Å². The molecule has 0 bridgehead atoms. The minimum absolute atomic E-state index is 0.140. The number of hydrogen-bond acceptors (Lipinski definition) is 3. The number of rotatable bonds is 4. The summed E-state index contributed by atoms with van der Waals surface area (Å²) < 4.78 is 0. The Hall–Kier alpha value is -2.76. The predicted octanol–water partition coefficient (Wildman–Crippen LogP) is 2.35. The van der Waals surface area contributed by atoms with Gasteiger partial charge in [-0.05, 0) is 24.6 Å². The molecule has 2 heterocycles. The van der Waals surface area contributed by atoms with Crippen LogP contribution in [0.25, 0.3) is 10.9 Å². The van der Waals surface area contributed by atoms with Gasteiger partial charge in [0.25, 0.3) is 5.91 Å². The summed E-state index contributed by atoms with van der Waals surface area (Å²) in [6, 6.07) is 5.33. The molecule has 6 heteroatoms. The number of aromatic nitrogens is 3. The number of nitrogens with one attached hydrogen (secondary N) is 3. The van der Waals surface area contributed by atoms with Gasteiger partial charge < -0.3 is 21.0 Å². The maximum absolute atomic E-state index is 12.5. The van der Waals surface area contributed by atoms with Gasteiger partial charge in [-0.1, -0.05) is 6.92 Å². The van der Waals surface area contributed by atoms with E-state index in [0.29, 0.717) is 11.3 Å². The Labute approximate surface area is 121 Å². The second-order valence-electron chi connectivity index (χ2n) is 4.92. The average molecular weight is 283 g/mol. The lowest BCUT2D eigenvalue weighted by molar-refractivity contribution is 0.0935. The highest BCUT2D eigenvalue weighted by Crippen LogP contribution is 2.22. The summed E-state index contributed by atoms with van der Waals surface area (Å²) in [6.07, 6.45) is 5.88. The lowest BCUT2D eigenvalue weighted by atomic mass is 10.1. The first-order valence-corrected chi connectivity index (χ1v) is 6.85. The summed E-state index contributed by atoms with van der Waals surface area (Å²) in [6.45, 7) is 2.00. The van der Waals surface area contributed by atoms with Crippen LogP contribution in [-0.4, -0.2) is 20.9 Å². The minimum atomic E-state index is -0.143. The predicted molar refractivity (Wildman–Crippen MR) is 81.8 cm³/mol. The van der Waals surface area contributed by atoms with E-state index in [1.165, 1.54) is 0 Å². The Morgan fingerprint density at radius 2 is 2.29 bits per heavy atom. The number of carbonyl (C=O) groups is 1. The molecule has 0 saturated carbocycles. The number of nitrogens with two attached hydrogens (primary N) is 1. The van der Waals surface area contributed by atoms with Gasteiger partial charge in [0.1, 0.15) is 5.82 Å². The number of aromatic amines is 2. The number of carbonyl (C=O) groups excluding carboxylic acids is 1. The highest BCUT2D eigenvalue weighted by Gasteiger charge is 2.18. The number of amides is 1. The van der Waals surface area contributed by atoms with Crippen molar-refractivity contribution < 1.29 is 4.79 Å². The molecule has 1 aromatic carbocycles. The molecule has 1 unspecified atom stereocenters.